The summed E-state index contributed by atoms with van der Waals surface area (Å²) in [4.78, 5) is 11.5. The van der Waals surface area contributed by atoms with E-state index in [4.69, 9.17) is 0 Å². The zero-order valence-corrected chi connectivity index (χ0v) is 9.81. The summed E-state index contributed by atoms with van der Waals surface area (Å²) < 4.78 is 0. The highest BCUT2D eigenvalue weighted by molar-refractivity contribution is 9.09. The molecule has 0 radical (unpaired) electrons. The van der Waals surface area contributed by atoms with Gasteiger partial charge in [-0.05, 0) is 5.92 Å². The number of hydrogen-bond acceptors (Lipinski definition) is 1. The molecule has 0 aromatic heterocycles. The van der Waals surface area contributed by atoms with E-state index in [9.17, 15) is 4.79 Å². The average molecular weight is 236 g/mol. The molecule has 1 unspecified atom stereocenters. The van der Waals surface area contributed by atoms with Crippen LogP contribution >= 0.6 is 15.9 Å². The molecule has 0 bridgehead atoms. The second kappa shape index (κ2) is 5.57. The van der Waals surface area contributed by atoms with Gasteiger partial charge in [0.2, 0.25) is 5.91 Å². The van der Waals surface area contributed by atoms with Crippen molar-refractivity contribution in [2.45, 2.75) is 32.5 Å². The summed E-state index contributed by atoms with van der Waals surface area (Å²) in [5, 5.41) is 2.88. The molecular formula is C9H18BrNO. The molecule has 1 amide bonds. The Bertz CT molecular complexity index is 145. The van der Waals surface area contributed by atoms with Gasteiger partial charge in [0.05, 0.1) is 0 Å². The molecule has 3 heteroatoms. The number of alkyl halides is 1. The minimum Gasteiger partial charge on any atom is -0.355 e. The van der Waals surface area contributed by atoms with Crippen molar-refractivity contribution < 1.29 is 4.79 Å². The highest BCUT2D eigenvalue weighted by Crippen LogP contribution is 2.10. The van der Waals surface area contributed by atoms with Crippen LogP contribution in [0.1, 0.15) is 27.7 Å². The maximum atomic E-state index is 11.1. The minimum absolute atomic E-state index is 0.0804. The second-order valence-electron chi connectivity index (χ2n) is 3.66. The predicted octanol–water partition coefficient (Wildman–Crippen LogP) is 2.18. The first kappa shape index (κ1) is 11.9. The highest BCUT2D eigenvalue weighted by atomic mass is 79.9. The third-order valence-electron chi connectivity index (χ3n) is 1.72. The molecule has 1 N–H and O–H groups in total. The summed E-state index contributed by atoms with van der Waals surface area (Å²) >= 11 is 3.51. The smallest absolute Gasteiger partial charge is 0.222 e. The summed E-state index contributed by atoms with van der Waals surface area (Å²) in [7, 11) is 0. The van der Waals surface area contributed by atoms with E-state index in [2.05, 4.69) is 35.1 Å². The first-order chi connectivity index (χ1) is 5.45. The monoisotopic (exact) mass is 235 g/mol. The summed E-state index contributed by atoms with van der Waals surface area (Å²) in [6.45, 7) is 8.76. The number of halogens is 1. The lowest BCUT2D eigenvalue weighted by molar-refractivity contribution is -0.123. The van der Waals surface area contributed by atoms with Crippen molar-refractivity contribution in [1.29, 1.82) is 0 Å². The van der Waals surface area contributed by atoms with E-state index in [1.165, 1.54) is 0 Å². The number of amides is 1. The van der Waals surface area contributed by atoms with Gasteiger partial charge in [-0.3, -0.25) is 4.79 Å². The minimum atomic E-state index is 0.0804. The molecule has 0 aliphatic rings. The van der Waals surface area contributed by atoms with Crippen LogP contribution in [-0.4, -0.2) is 17.3 Å². The zero-order valence-electron chi connectivity index (χ0n) is 8.23. The molecule has 0 aromatic rings. The molecule has 0 saturated heterocycles. The maximum absolute atomic E-state index is 11.1. The van der Waals surface area contributed by atoms with E-state index in [0.717, 1.165) is 0 Å². The van der Waals surface area contributed by atoms with Crippen LogP contribution in [0.2, 0.25) is 0 Å². The van der Waals surface area contributed by atoms with Gasteiger partial charge in [0, 0.05) is 17.3 Å². The molecule has 2 nitrogen and oxygen atoms in total. The van der Waals surface area contributed by atoms with Gasteiger partial charge in [0.15, 0.2) is 0 Å². The van der Waals surface area contributed by atoms with Crippen LogP contribution in [0.4, 0.5) is 0 Å². The lowest BCUT2D eigenvalue weighted by atomic mass is 10.1. The molecule has 0 aliphatic carbocycles. The van der Waals surface area contributed by atoms with E-state index in [-0.39, 0.29) is 11.8 Å². The molecule has 0 aromatic carbocycles. The lowest BCUT2D eigenvalue weighted by Crippen LogP contribution is -2.34. The number of hydrogen-bond donors (Lipinski definition) is 1. The first-order valence-electron chi connectivity index (χ1n) is 4.37. The SMILES string of the molecule is CC(C)C(=O)NCC(Br)C(C)C. The van der Waals surface area contributed by atoms with Gasteiger partial charge >= 0.3 is 0 Å². The summed E-state index contributed by atoms with van der Waals surface area (Å²) in [5.41, 5.74) is 0. The highest BCUT2D eigenvalue weighted by Gasteiger charge is 2.11. The van der Waals surface area contributed by atoms with Gasteiger partial charge in [0.1, 0.15) is 0 Å². The van der Waals surface area contributed by atoms with Crippen LogP contribution < -0.4 is 5.32 Å². The first-order valence-corrected chi connectivity index (χ1v) is 5.28. The van der Waals surface area contributed by atoms with E-state index < -0.39 is 0 Å². The Labute approximate surface area is 83.2 Å². The Hall–Kier alpha value is -0.0500. The normalized spacial score (nSPS) is 13.6. The fourth-order valence-electron chi connectivity index (χ4n) is 0.638. The van der Waals surface area contributed by atoms with Crippen LogP contribution in [0, 0.1) is 11.8 Å². The van der Waals surface area contributed by atoms with Crippen molar-refractivity contribution in [2.24, 2.45) is 11.8 Å². The summed E-state index contributed by atoms with van der Waals surface area (Å²) in [6, 6.07) is 0. The van der Waals surface area contributed by atoms with Gasteiger partial charge in [-0.1, -0.05) is 43.6 Å². The summed E-state index contributed by atoms with van der Waals surface area (Å²) in [5.74, 6) is 0.759. The Morgan fingerprint density at radius 3 is 2.17 bits per heavy atom. The van der Waals surface area contributed by atoms with E-state index in [1.54, 1.807) is 0 Å². The Morgan fingerprint density at radius 2 is 1.83 bits per heavy atom. The van der Waals surface area contributed by atoms with Crippen LogP contribution in [0.3, 0.4) is 0 Å². The third-order valence-corrected chi connectivity index (χ3v) is 3.10. The standard InChI is InChI=1S/C9H18BrNO/c1-6(2)8(10)5-11-9(12)7(3)4/h6-8H,5H2,1-4H3,(H,11,12). The second-order valence-corrected chi connectivity index (χ2v) is 4.84. The number of carbonyl (C=O) groups excluding carboxylic acids is 1. The van der Waals surface area contributed by atoms with Crippen LogP contribution in [-0.2, 0) is 4.79 Å². The fourth-order valence-corrected chi connectivity index (χ4v) is 0.800. The van der Waals surface area contributed by atoms with E-state index in [1.807, 2.05) is 13.8 Å². The van der Waals surface area contributed by atoms with Gasteiger partial charge in [-0.25, -0.2) is 0 Å². The molecule has 0 heterocycles. The van der Waals surface area contributed by atoms with Crippen molar-refractivity contribution in [2.75, 3.05) is 6.54 Å². The van der Waals surface area contributed by atoms with Crippen molar-refractivity contribution in [3.63, 3.8) is 0 Å². The van der Waals surface area contributed by atoms with Gasteiger partial charge in [-0.2, -0.15) is 0 Å². The summed E-state index contributed by atoms with van der Waals surface area (Å²) in [6.07, 6.45) is 0. The van der Waals surface area contributed by atoms with Crippen molar-refractivity contribution in [3.05, 3.63) is 0 Å². The van der Waals surface area contributed by atoms with Crippen LogP contribution in [0.5, 0.6) is 0 Å². The molecular weight excluding hydrogens is 218 g/mol. The number of carbonyl (C=O) groups is 1. The van der Waals surface area contributed by atoms with Crippen molar-refractivity contribution >= 4 is 21.8 Å². The van der Waals surface area contributed by atoms with Crippen molar-refractivity contribution in [1.82, 2.24) is 5.32 Å². The molecule has 0 rings (SSSR count). The van der Waals surface area contributed by atoms with Crippen molar-refractivity contribution in [3.8, 4) is 0 Å². The van der Waals surface area contributed by atoms with Crippen LogP contribution in [0.15, 0.2) is 0 Å². The van der Waals surface area contributed by atoms with Gasteiger partial charge in [-0.15, -0.1) is 0 Å². The zero-order chi connectivity index (χ0) is 9.72. The largest absolute Gasteiger partial charge is 0.355 e. The average Bonchev–Trinajstić information content (AvgIpc) is 1.98. The van der Waals surface area contributed by atoms with Gasteiger partial charge in [0.25, 0.3) is 0 Å². The Balaban J connectivity index is 3.61. The van der Waals surface area contributed by atoms with E-state index in [0.29, 0.717) is 17.3 Å². The van der Waals surface area contributed by atoms with Gasteiger partial charge < -0.3 is 5.32 Å². The Kier molecular flexibility index (Phi) is 5.55. The lowest BCUT2D eigenvalue weighted by Gasteiger charge is -2.15. The molecule has 0 fully saturated rings. The predicted molar refractivity (Wildman–Crippen MR) is 55.4 cm³/mol. The fraction of sp³-hybridized carbons (Fsp3) is 0.889. The molecule has 0 saturated carbocycles. The maximum Gasteiger partial charge on any atom is 0.222 e. The van der Waals surface area contributed by atoms with E-state index >= 15 is 0 Å². The quantitative estimate of drug-likeness (QED) is 0.745. The molecule has 0 spiro atoms. The molecule has 12 heavy (non-hydrogen) atoms. The molecule has 1 atom stereocenters. The molecule has 72 valence electrons. The topological polar surface area (TPSA) is 29.1 Å². The van der Waals surface area contributed by atoms with Crippen LogP contribution in [0.25, 0.3) is 0 Å². The Morgan fingerprint density at radius 1 is 1.33 bits per heavy atom. The number of rotatable bonds is 4. The number of nitrogens with one attached hydrogen (secondary N) is 1. The third kappa shape index (κ3) is 4.75. The molecule has 0 aliphatic heterocycles.